The van der Waals surface area contributed by atoms with E-state index in [9.17, 15) is 0 Å². The van der Waals surface area contributed by atoms with Crippen LogP contribution in [0.2, 0.25) is 0 Å². The van der Waals surface area contributed by atoms with Crippen LogP contribution in [0, 0.1) is 25.7 Å². The van der Waals surface area contributed by atoms with Gasteiger partial charge in [-0.3, -0.25) is 0 Å². The van der Waals surface area contributed by atoms with Gasteiger partial charge >= 0.3 is 0 Å². The summed E-state index contributed by atoms with van der Waals surface area (Å²) in [5.41, 5.74) is 7.25. The van der Waals surface area contributed by atoms with E-state index in [1.54, 1.807) is 0 Å². The molecule has 0 atom stereocenters. The second-order valence-electron chi connectivity index (χ2n) is 8.23. The Morgan fingerprint density at radius 1 is 0.719 bits per heavy atom. The normalized spacial score (nSPS) is 10.8. The molecular formula is C30H25NO. The minimum absolute atomic E-state index is 0.362. The van der Waals surface area contributed by atoms with Crippen molar-refractivity contribution in [2.45, 2.75) is 20.4 Å². The summed E-state index contributed by atoms with van der Waals surface area (Å²) in [6.45, 7) is 5.42. The number of rotatable bonds is 4. The molecule has 0 aliphatic heterocycles. The van der Waals surface area contributed by atoms with Gasteiger partial charge in [0, 0.05) is 33.9 Å². The van der Waals surface area contributed by atoms with Crippen LogP contribution >= 0.6 is 0 Å². The molecular weight excluding hydrogens is 390 g/mol. The fraction of sp³-hybridized carbons (Fsp3) is 0.133. The average Bonchev–Trinajstić information content (AvgIpc) is 3.11. The predicted octanol–water partition coefficient (Wildman–Crippen LogP) is 6.89. The van der Waals surface area contributed by atoms with Crippen molar-refractivity contribution in [2.24, 2.45) is 0 Å². The Hall–Kier alpha value is -3.96. The zero-order chi connectivity index (χ0) is 21.9. The Balaban J connectivity index is 1.46. The number of benzene rings is 4. The molecule has 0 saturated carbocycles. The minimum atomic E-state index is 0.362. The first-order valence-electron chi connectivity index (χ1n) is 10.9. The Bertz CT molecular complexity index is 1450. The zero-order valence-electron chi connectivity index (χ0n) is 18.4. The van der Waals surface area contributed by atoms with E-state index in [0.717, 1.165) is 17.9 Å². The van der Waals surface area contributed by atoms with Gasteiger partial charge in [-0.15, -0.1) is 0 Å². The van der Waals surface area contributed by atoms with Crippen LogP contribution < -0.4 is 4.74 Å². The van der Waals surface area contributed by atoms with Gasteiger partial charge in [0.25, 0.3) is 0 Å². The van der Waals surface area contributed by atoms with E-state index in [4.69, 9.17) is 4.74 Å². The summed E-state index contributed by atoms with van der Waals surface area (Å²) in [6, 6.07) is 31.9. The minimum Gasteiger partial charge on any atom is -0.481 e. The van der Waals surface area contributed by atoms with E-state index in [1.165, 1.54) is 38.5 Å². The molecule has 0 aliphatic carbocycles. The van der Waals surface area contributed by atoms with Crippen molar-refractivity contribution >= 4 is 21.8 Å². The first-order valence-corrected chi connectivity index (χ1v) is 10.9. The quantitative estimate of drug-likeness (QED) is 0.292. The number of hydrogen-bond acceptors (Lipinski definition) is 1. The van der Waals surface area contributed by atoms with Crippen molar-refractivity contribution in [1.29, 1.82) is 0 Å². The van der Waals surface area contributed by atoms with Crippen LogP contribution in [-0.4, -0.2) is 11.2 Å². The molecule has 5 aromatic rings. The third kappa shape index (κ3) is 4.11. The maximum Gasteiger partial charge on any atom is 0.149 e. The van der Waals surface area contributed by atoms with Gasteiger partial charge in [0.1, 0.15) is 12.4 Å². The van der Waals surface area contributed by atoms with Gasteiger partial charge in [0.2, 0.25) is 0 Å². The van der Waals surface area contributed by atoms with Crippen molar-refractivity contribution < 1.29 is 4.74 Å². The van der Waals surface area contributed by atoms with Crippen LogP contribution in [0.5, 0.6) is 5.75 Å². The van der Waals surface area contributed by atoms with Crippen molar-refractivity contribution in [3.63, 3.8) is 0 Å². The molecule has 32 heavy (non-hydrogen) atoms. The van der Waals surface area contributed by atoms with Crippen molar-refractivity contribution in [3.8, 4) is 17.6 Å². The third-order valence-electron chi connectivity index (χ3n) is 5.77. The highest BCUT2D eigenvalue weighted by molar-refractivity contribution is 6.08. The molecule has 1 heterocycles. The summed E-state index contributed by atoms with van der Waals surface area (Å²) >= 11 is 0. The SMILES string of the molecule is Cc1ccc(C#CCOc2ccc3c(c2)c2cc(C)ccc2n3Cc2ccccc2)cc1. The number of ether oxygens (including phenoxy) is 1. The second kappa shape index (κ2) is 8.65. The van der Waals surface area contributed by atoms with Gasteiger partial charge in [-0.25, -0.2) is 0 Å². The molecule has 156 valence electrons. The van der Waals surface area contributed by atoms with Gasteiger partial charge in [-0.2, -0.15) is 0 Å². The number of fused-ring (bicyclic) bond motifs is 3. The largest absolute Gasteiger partial charge is 0.481 e. The topological polar surface area (TPSA) is 14.2 Å². The monoisotopic (exact) mass is 415 g/mol. The van der Waals surface area contributed by atoms with Gasteiger partial charge in [-0.05, 0) is 61.9 Å². The molecule has 0 bridgehead atoms. The smallest absolute Gasteiger partial charge is 0.149 e. The lowest BCUT2D eigenvalue weighted by Gasteiger charge is -2.08. The molecule has 5 rings (SSSR count). The highest BCUT2D eigenvalue weighted by atomic mass is 16.5. The Morgan fingerprint density at radius 3 is 2.19 bits per heavy atom. The van der Waals surface area contributed by atoms with Crippen LogP contribution in [0.25, 0.3) is 21.8 Å². The fourth-order valence-corrected chi connectivity index (χ4v) is 4.12. The van der Waals surface area contributed by atoms with Gasteiger partial charge in [0.15, 0.2) is 0 Å². The summed E-state index contributed by atoms with van der Waals surface area (Å²) < 4.78 is 8.37. The summed E-state index contributed by atoms with van der Waals surface area (Å²) in [5.74, 6) is 7.14. The summed E-state index contributed by atoms with van der Waals surface area (Å²) in [5, 5.41) is 2.47. The highest BCUT2D eigenvalue weighted by Crippen LogP contribution is 2.33. The van der Waals surface area contributed by atoms with Crippen LogP contribution in [-0.2, 0) is 6.54 Å². The molecule has 2 heteroatoms. The standard InChI is InChI=1S/C30H25NO/c1-22-10-13-24(14-11-22)9-6-18-32-26-15-17-30-28(20-26)27-19-23(2)12-16-29(27)31(30)21-25-7-4-3-5-8-25/h3-5,7-8,10-17,19-20H,18,21H2,1-2H3. The van der Waals surface area contributed by atoms with Crippen LogP contribution in [0.3, 0.4) is 0 Å². The lowest BCUT2D eigenvalue weighted by Crippen LogP contribution is -1.99. The van der Waals surface area contributed by atoms with Crippen molar-refractivity contribution in [1.82, 2.24) is 4.57 Å². The van der Waals surface area contributed by atoms with Gasteiger partial charge in [0.05, 0.1) is 0 Å². The van der Waals surface area contributed by atoms with Crippen LogP contribution in [0.4, 0.5) is 0 Å². The van der Waals surface area contributed by atoms with Gasteiger partial charge in [-0.1, -0.05) is 71.5 Å². The Morgan fingerprint density at radius 2 is 1.41 bits per heavy atom. The zero-order valence-corrected chi connectivity index (χ0v) is 18.4. The van der Waals surface area contributed by atoms with E-state index in [-0.39, 0.29) is 0 Å². The molecule has 0 unspecified atom stereocenters. The van der Waals surface area contributed by atoms with Crippen LogP contribution in [0.15, 0.2) is 91.0 Å². The van der Waals surface area contributed by atoms with E-state index < -0.39 is 0 Å². The molecule has 1 aromatic heterocycles. The molecule has 0 saturated heterocycles. The van der Waals surface area contributed by atoms with Crippen molar-refractivity contribution in [2.75, 3.05) is 6.61 Å². The van der Waals surface area contributed by atoms with E-state index in [0.29, 0.717) is 6.61 Å². The predicted molar refractivity (Wildman–Crippen MR) is 133 cm³/mol. The number of nitrogens with zero attached hydrogens (tertiary/aromatic N) is 1. The first kappa shape index (κ1) is 20.0. The Labute approximate surface area is 189 Å². The molecule has 2 nitrogen and oxygen atoms in total. The fourth-order valence-electron chi connectivity index (χ4n) is 4.12. The van der Waals surface area contributed by atoms with E-state index >= 15 is 0 Å². The van der Waals surface area contributed by atoms with Gasteiger partial charge < -0.3 is 9.30 Å². The maximum absolute atomic E-state index is 5.98. The maximum atomic E-state index is 5.98. The number of aryl methyl sites for hydroxylation is 2. The summed E-state index contributed by atoms with van der Waals surface area (Å²) in [4.78, 5) is 0. The summed E-state index contributed by atoms with van der Waals surface area (Å²) in [6.07, 6.45) is 0. The molecule has 0 radical (unpaired) electrons. The van der Waals surface area contributed by atoms with Crippen LogP contribution in [0.1, 0.15) is 22.3 Å². The Kier molecular flexibility index (Phi) is 5.40. The van der Waals surface area contributed by atoms with Crippen molar-refractivity contribution in [3.05, 3.63) is 113 Å². The molecule has 0 amide bonds. The molecule has 0 fully saturated rings. The number of aromatic nitrogens is 1. The lowest BCUT2D eigenvalue weighted by atomic mass is 10.1. The number of hydrogen-bond donors (Lipinski definition) is 0. The molecule has 0 aliphatic rings. The summed E-state index contributed by atoms with van der Waals surface area (Å²) in [7, 11) is 0. The first-order chi connectivity index (χ1) is 15.7. The van der Waals surface area contributed by atoms with E-state index in [2.05, 4.69) is 103 Å². The second-order valence-corrected chi connectivity index (χ2v) is 8.23. The third-order valence-corrected chi connectivity index (χ3v) is 5.77. The lowest BCUT2D eigenvalue weighted by molar-refractivity contribution is 0.371. The molecule has 0 N–H and O–H groups in total. The van der Waals surface area contributed by atoms with E-state index in [1.807, 2.05) is 18.2 Å². The molecule has 4 aromatic carbocycles. The average molecular weight is 416 g/mol. The highest BCUT2D eigenvalue weighted by Gasteiger charge is 2.12. The molecule has 0 spiro atoms.